The SMILES string of the molecule is CCCCC[C@@H]([CH][CH][CH]C(C)=O)O[C-]=O.[C-]#[O+].[C-]#[O+].[C-]#[O+].[Fe]. The van der Waals surface area contributed by atoms with Crippen LogP contribution < -0.4 is 0 Å². The summed E-state index contributed by atoms with van der Waals surface area (Å²) in [5.74, 6) is -0.0198. The van der Waals surface area contributed by atoms with E-state index >= 15 is 0 Å². The Bertz CT molecular complexity index is 271. The first-order chi connectivity index (χ1) is 10.2. The predicted octanol–water partition coefficient (Wildman–Crippen LogP) is 2.11. The zero-order valence-electron chi connectivity index (χ0n) is 12.4. The number of Topliss-reactive ketones (excluding diaryl/α,β-unsaturated/α-hetero) is 1. The van der Waals surface area contributed by atoms with Crippen molar-refractivity contribution in [2.24, 2.45) is 0 Å². The van der Waals surface area contributed by atoms with Crippen molar-refractivity contribution in [1.29, 1.82) is 0 Å². The van der Waals surface area contributed by atoms with Crippen molar-refractivity contribution in [1.82, 2.24) is 0 Å². The molecule has 0 saturated carbocycles. The fourth-order valence-electron chi connectivity index (χ4n) is 1.17. The van der Waals surface area contributed by atoms with Crippen LogP contribution in [0.5, 0.6) is 0 Å². The van der Waals surface area contributed by atoms with Gasteiger partial charge in [-0.15, -0.1) is 0 Å². The Hall–Kier alpha value is -1.12. The summed E-state index contributed by atoms with van der Waals surface area (Å²) in [4.78, 5) is 20.7. The van der Waals surface area contributed by atoms with Crippen molar-refractivity contribution < 1.29 is 45.4 Å². The second-order valence-corrected chi connectivity index (χ2v) is 3.40. The van der Waals surface area contributed by atoms with Crippen molar-refractivity contribution in [3.05, 3.63) is 39.2 Å². The first-order valence-electron chi connectivity index (χ1n) is 5.86. The molecule has 0 aliphatic carbocycles. The number of hydrogen-bond donors (Lipinski definition) is 0. The molecule has 0 bridgehead atoms. The number of rotatable bonds is 10. The van der Waals surface area contributed by atoms with E-state index < -0.39 is 0 Å². The Morgan fingerprint density at radius 2 is 1.68 bits per heavy atom. The van der Waals surface area contributed by atoms with Gasteiger partial charge in [0.05, 0.1) is 6.10 Å². The summed E-state index contributed by atoms with van der Waals surface area (Å²) in [5, 5.41) is 0. The van der Waals surface area contributed by atoms with Crippen LogP contribution in [0.1, 0.15) is 39.5 Å². The third-order valence-electron chi connectivity index (χ3n) is 1.95. The molecule has 22 heavy (non-hydrogen) atoms. The first kappa shape index (κ1) is 32.7. The first-order valence-corrected chi connectivity index (χ1v) is 5.86. The zero-order chi connectivity index (χ0) is 17.5. The molecule has 0 aliphatic heterocycles. The van der Waals surface area contributed by atoms with Crippen LogP contribution in [0.4, 0.5) is 0 Å². The van der Waals surface area contributed by atoms with Gasteiger partial charge in [0.15, 0.2) is 0 Å². The minimum atomic E-state index is -0.260. The van der Waals surface area contributed by atoms with E-state index in [1.165, 1.54) is 19.8 Å². The van der Waals surface area contributed by atoms with Gasteiger partial charge >= 0.3 is 33.9 Å². The van der Waals surface area contributed by atoms with E-state index in [9.17, 15) is 9.59 Å². The van der Waals surface area contributed by atoms with Crippen LogP contribution in [-0.4, -0.2) is 18.4 Å². The maximum atomic E-state index is 10.6. The molecule has 123 valence electrons. The third kappa shape index (κ3) is 36.4. The fourth-order valence-corrected chi connectivity index (χ4v) is 1.17. The average molecular weight is 350 g/mol. The van der Waals surface area contributed by atoms with E-state index in [1.54, 1.807) is 12.8 Å². The molecule has 0 aliphatic rings. The summed E-state index contributed by atoms with van der Waals surface area (Å²) < 4.78 is 27.2. The van der Waals surface area contributed by atoms with Crippen molar-refractivity contribution in [2.45, 2.75) is 45.6 Å². The Balaban J connectivity index is -0.000000122. The van der Waals surface area contributed by atoms with E-state index in [4.69, 9.17) is 18.7 Å². The number of ketones is 1. The molecule has 3 radical (unpaired) electrons. The summed E-state index contributed by atoms with van der Waals surface area (Å²) in [6.07, 6.45) is 8.55. The van der Waals surface area contributed by atoms with Gasteiger partial charge < -0.3 is 9.53 Å². The zero-order valence-corrected chi connectivity index (χ0v) is 13.5. The van der Waals surface area contributed by atoms with E-state index in [0.29, 0.717) is 0 Å². The Labute approximate surface area is 143 Å². The monoisotopic (exact) mass is 350 g/mol. The molecule has 0 N–H and O–H groups in total. The molecule has 6 nitrogen and oxygen atoms in total. The Morgan fingerprint density at radius 3 is 2.05 bits per heavy atom. The molecule has 0 saturated heterocycles. The molecular weight excluding hydrogens is 332 g/mol. The topological polar surface area (TPSA) is 103 Å². The van der Waals surface area contributed by atoms with Crippen LogP contribution in [0.25, 0.3) is 0 Å². The summed E-state index contributed by atoms with van der Waals surface area (Å²) in [5.41, 5.74) is 0. The van der Waals surface area contributed by atoms with E-state index in [1.807, 2.05) is 0 Å². The van der Waals surface area contributed by atoms with Gasteiger partial charge in [0, 0.05) is 29.9 Å². The third-order valence-corrected chi connectivity index (χ3v) is 1.95. The Kier molecular flexibility index (Phi) is 54.7. The number of ether oxygens (including phenoxy) is 1. The van der Waals surface area contributed by atoms with Crippen LogP contribution in [0, 0.1) is 39.2 Å². The van der Waals surface area contributed by atoms with Crippen LogP contribution >= 0.6 is 0 Å². The summed E-state index contributed by atoms with van der Waals surface area (Å²) >= 11 is 0. The molecular formula is C15H18FeO6-. The molecule has 0 spiro atoms. The van der Waals surface area contributed by atoms with Gasteiger partial charge in [-0.2, -0.15) is 0 Å². The number of carbonyl (C=O) groups is 1. The minimum Gasteiger partial charge on any atom is 0 e. The molecule has 0 fully saturated rings. The van der Waals surface area contributed by atoms with Gasteiger partial charge in [0.25, 0.3) is 0 Å². The normalized spacial score (nSPS) is 8.55. The van der Waals surface area contributed by atoms with Crippen LogP contribution in [-0.2, 0) is 45.4 Å². The average Bonchev–Trinajstić information content (AvgIpc) is 2.53. The van der Waals surface area contributed by atoms with E-state index in [0.717, 1.165) is 25.7 Å². The molecule has 0 aromatic carbocycles. The van der Waals surface area contributed by atoms with E-state index in [-0.39, 0.29) is 29.0 Å². The maximum Gasteiger partial charge on any atom is 0 e. The second-order valence-electron chi connectivity index (χ2n) is 3.40. The van der Waals surface area contributed by atoms with Gasteiger partial charge in [0.1, 0.15) is 5.78 Å². The van der Waals surface area contributed by atoms with Gasteiger partial charge in [-0.3, -0.25) is 4.79 Å². The fraction of sp³-hybridized carbons (Fsp3) is 0.467. The smallest absolute Gasteiger partial charge is 0 e. The van der Waals surface area contributed by atoms with Crippen LogP contribution in [0.3, 0.4) is 0 Å². The Morgan fingerprint density at radius 1 is 1.18 bits per heavy atom. The van der Waals surface area contributed by atoms with Crippen molar-refractivity contribution in [3.63, 3.8) is 0 Å². The van der Waals surface area contributed by atoms with Gasteiger partial charge in [-0.05, 0) is 26.2 Å². The minimum absolute atomic E-state index is 0. The van der Waals surface area contributed by atoms with Gasteiger partial charge in [-0.25, -0.2) is 0 Å². The number of hydrogen-bond acceptors (Lipinski definition) is 3. The molecule has 0 amide bonds. The second kappa shape index (κ2) is 36.8. The number of unbranched alkanes of at least 4 members (excludes halogenated alkanes) is 2. The summed E-state index contributed by atoms with van der Waals surface area (Å²) in [7, 11) is 0. The van der Waals surface area contributed by atoms with Gasteiger partial charge in [0.2, 0.25) is 0 Å². The molecule has 0 aromatic rings. The molecule has 0 unspecified atom stereocenters. The molecule has 0 aromatic heterocycles. The van der Waals surface area contributed by atoms with Crippen molar-refractivity contribution in [2.75, 3.05) is 0 Å². The predicted molar refractivity (Wildman–Crippen MR) is 70.1 cm³/mol. The quantitative estimate of drug-likeness (QED) is 0.261. The molecule has 1 atom stereocenters. The molecule has 0 heterocycles. The van der Waals surface area contributed by atoms with E-state index in [2.05, 4.69) is 26.9 Å². The molecule has 7 heteroatoms. The number of carbonyl (C=O) groups excluding carboxylic acids is 2. The van der Waals surface area contributed by atoms with Crippen LogP contribution in [0.2, 0.25) is 0 Å². The standard InChI is InChI=1S/C12H18O3.3CO.Fe/c1-3-4-5-8-12(15-10-13)9-6-7-11(2)14;3*1-2;/h6-7,9,12H,3-5,8H2,1-2H3;;;;/q-1;;;;/t12-;;;;/m0..../s1. The maximum absolute atomic E-state index is 10.6. The summed E-state index contributed by atoms with van der Waals surface area (Å²) in [6.45, 7) is 18.5. The van der Waals surface area contributed by atoms with Crippen molar-refractivity contribution in [3.8, 4) is 0 Å². The summed E-state index contributed by atoms with van der Waals surface area (Å²) in [6, 6.07) is 0. The van der Waals surface area contributed by atoms with Gasteiger partial charge in [-0.1, -0.05) is 26.2 Å². The largest absolute Gasteiger partial charge is 0 e. The van der Waals surface area contributed by atoms with Crippen LogP contribution in [0.15, 0.2) is 0 Å². The van der Waals surface area contributed by atoms with Crippen molar-refractivity contribution >= 4 is 12.3 Å². The molecule has 0 rings (SSSR count).